The molecule has 2 heterocycles. The van der Waals surface area contributed by atoms with Crippen LogP contribution in [0.5, 0.6) is 0 Å². The lowest BCUT2D eigenvalue weighted by atomic mass is 10.0. The molecule has 0 bridgehead atoms. The second kappa shape index (κ2) is 7.95. The van der Waals surface area contributed by atoms with E-state index in [1.807, 2.05) is 31.0 Å². The molecule has 1 aliphatic heterocycles. The number of hydrogen-bond donors (Lipinski definition) is 0. The molecule has 3 rings (SSSR count). The maximum atomic E-state index is 13.4. The number of alkyl halides is 3. The van der Waals surface area contributed by atoms with Crippen molar-refractivity contribution in [1.82, 2.24) is 19.6 Å². The molecule has 1 aromatic carbocycles. The summed E-state index contributed by atoms with van der Waals surface area (Å²) in [5.41, 5.74) is 1.60. The van der Waals surface area contributed by atoms with Crippen molar-refractivity contribution < 1.29 is 18.0 Å². The van der Waals surface area contributed by atoms with Crippen LogP contribution in [0.25, 0.3) is 5.69 Å². The Morgan fingerprint density at radius 1 is 1.25 bits per heavy atom. The molecule has 0 saturated carbocycles. The number of rotatable bonds is 5. The molecule has 152 valence electrons. The molecular weight excluding hydrogens is 369 g/mol. The quantitative estimate of drug-likeness (QED) is 0.778. The average Bonchev–Trinajstić information content (AvgIpc) is 3.01. The molecular formula is C20H25F3N4O. The van der Waals surface area contributed by atoms with E-state index < -0.39 is 11.9 Å². The Bertz CT molecular complexity index is 842. The largest absolute Gasteiger partial charge is 0.435 e. The minimum atomic E-state index is -4.46. The van der Waals surface area contributed by atoms with Crippen molar-refractivity contribution in [2.45, 2.75) is 45.5 Å². The SMILES string of the molecule is CCCC(=O)N(C)Cc1ccc(-n2nc(C(F)(F)F)c3c2CN(C)CC3)cc1. The number of carbonyl (C=O) groups excluding carboxylic acids is 1. The van der Waals surface area contributed by atoms with Crippen LogP contribution in [-0.4, -0.2) is 46.1 Å². The molecule has 1 amide bonds. The maximum Gasteiger partial charge on any atom is 0.435 e. The molecule has 28 heavy (non-hydrogen) atoms. The second-order valence-electron chi connectivity index (χ2n) is 7.34. The third-order valence-corrected chi connectivity index (χ3v) is 5.01. The van der Waals surface area contributed by atoms with Crippen LogP contribution < -0.4 is 0 Å². The molecule has 0 saturated heterocycles. The standard InChI is InChI=1S/C20H25F3N4O/c1-4-5-18(28)26(3)12-14-6-8-15(9-7-14)27-17-13-25(2)11-10-16(17)19(24-27)20(21,22)23/h6-9H,4-5,10-13H2,1-3H3. The summed E-state index contributed by atoms with van der Waals surface area (Å²) >= 11 is 0. The number of likely N-dealkylation sites (N-methyl/N-ethyl adjacent to an activating group) is 1. The summed E-state index contributed by atoms with van der Waals surface area (Å²) in [4.78, 5) is 15.6. The van der Waals surface area contributed by atoms with Gasteiger partial charge in [0.25, 0.3) is 0 Å². The molecule has 0 fully saturated rings. The molecule has 5 nitrogen and oxygen atoms in total. The number of fused-ring (bicyclic) bond motifs is 1. The van der Waals surface area contributed by atoms with Crippen LogP contribution in [0.1, 0.15) is 42.3 Å². The highest BCUT2D eigenvalue weighted by Gasteiger charge is 2.40. The van der Waals surface area contributed by atoms with Gasteiger partial charge in [-0.2, -0.15) is 18.3 Å². The zero-order chi connectivity index (χ0) is 20.5. The van der Waals surface area contributed by atoms with E-state index >= 15 is 0 Å². The summed E-state index contributed by atoms with van der Waals surface area (Å²) < 4.78 is 41.7. The van der Waals surface area contributed by atoms with E-state index in [1.165, 1.54) is 4.68 Å². The fraction of sp³-hybridized carbons (Fsp3) is 0.500. The summed E-state index contributed by atoms with van der Waals surface area (Å²) in [6.07, 6.45) is -2.83. The molecule has 0 atom stereocenters. The van der Waals surface area contributed by atoms with Gasteiger partial charge in [0.2, 0.25) is 5.91 Å². The van der Waals surface area contributed by atoms with Crippen molar-refractivity contribution in [3.05, 3.63) is 46.8 Å². The Hall–Kier alpha value is -2.35. The van der Waals surface area contributed by atoms with Gasteiger partial charge in [-0.1, -0.05) is 19.1 Å². The van der Waals surface area contributed by atoms with E-state index in [4.69, 9.17) is 0 Å². The van der Waals surface area contributed by atoms with Crippen LogP contribution in [0.4, 0.5) is 13.2 Å². The van der Waals surface area contributed by atoms with Crippen LogP contribution in [0.3, 0.4) is 0 Å². The molecule has 0 aliphatic carbocycles. The fourth-order valence-electron chi connectivity index (χ4n) is 3.50. The van der Waals surface area contributed by atoms with Gasteiger partial charge in [0, 0.05) is 38.7 Å². The highest BCUT2D eigenvalue weighted by atomic mass is 19.4. The first-order chi connectivity index (χ1) is 13.2. The first-order valence-electron chi connectivity index (χ1n) is 9.40. The van der Waals surface area contributed by atoms with Crippen LogP contribution in [0, 0.1) is 0 Å². The van der Waals surface area contributed by atoms with Crippen LogP contribution in [0.15, 0.2) is 24.3 Å². The summed E-state index contributed by atoms with van der Waals surface area (Å²) in [7, 11) is 3.64. The van der Waals surface area contributed by atoms with E-state index in [0.717, 1.165) is 12.0 Å². The molecule has 0 spiro atoms. The van der Waals surface area contributed by atoms with E-state index in [-0.39, 0.29) is 5.91 Å². The Morgan fingerprint density at radius 3 is 2.54 bits per heavy atom. The monoisotopic (exact) mass is 394 g/mol. The lowest BCUT2D eigenvalue weighted by molar-refractivity contribution is -0.142. The van der Waals surface area contributed by atoms with Gasteiger partial charge in [0.1, 0.15) is 0 Å². The normalized spacial score (nSPS) is 14.8. The Labute approximate surface area is 162 Å². The van der Waals surface area contributed by atoms with E-state index in [1.54, 1.807) is 24.1 Å². The minimum absolute atomic E-state index is 0.0746. The van der Waals surface area contributed by atoms with Gasteiger partial charge in [-0.3, -0.25) is 4.79 Å². The molecule has 0 N–H and O–H groups in total. The summed E-state index contributed by atoms with van der Waals surface area (Å²) in [6, 6.07) is 7.18. The lowest BCUT2D eigenvalue weighted by Crippen LogP contribution is -2.28. The van der Waals surface area contributed by atoms with Crippen molar-refractivity contribution in [3.63, 3.8) is 0 Å². The molecule has 1 aromatic heterocycles. The summed E-state index contributed by atoms with van der Waals surface area (Å²) in [5.74, 6) is 0.0746. The number of hydrogen-bond acceptors (Lipinski definition) is 3. The van der Waals surface area contributed by atoms with Crippen molar-refractivity contribution >= 4 is 5.91 Å². The van der Waals surface area contributed by atoms with Gasteiger partial charge < -0.3 is 9.80 Å². The van der Waals surface area contributed by atoms with Crippen molar-refractivity contribution in [1.29, 1.82) is 0 Å². The van der Waals surface area contributed by atoms with Crippen molar-refractivity contribution in [2.24, 2.45) is 0 Å². The Kier molecular flexibility index (Phi) is 5.79. The number of carbonyl (C=O) groups is 1. The molecule has 2 aromatic rings. The van der Waals surface area contributed by atoms with E-state index in [0.29, 0.717) is 49.4 Å². The highest BCUT2D eigenvalue weighted by molar-refractivity contribution is 5.75. The van der Waals surface area contributed by atoms with Gasteiger partial charge >= 0.3 is 6.18 Å². The van der Waals surface area contributed by atoms with Crippen LogP contribution in [-0.2, 0) is 30.5 Å². The van der Waals surface area contributed by atoms with Gasteiger partial charge in [-0.05, 0) is 37.6 Å². The van der Waals surface area contributed by atoms with Gasteiger partial charge in [-0.15, -0.1) is 0 Å². The van der Waals surface area contributed by atoms with Gasteiger partial charge in [0.05, 0.1) is 11.4 Å². The van der Waals surface area contributed by atoms with E-state index in [9.17, 15) is 18.0 Å². The molecule has 8 heteroatoms. The minimum Gasteiger partial charge on any atom is -0.341 e. The number of amides is 1. The number of benzene rings is 1. The lowest BCUT2D eigenvalue weighted by Gasteiger charge is -2.24. The highest BCUT2D eigenvalue weighted by Crippen LogP contribution is 2.35. The Morgan fingerprint density at radius 2 is 1.93 bits per heavy atom. The summed E-state index contributed by atoms with van der Waals surface area (Å²) in [6.45, 7) is 3.43. The Balaban J connectivity index is 1.88. The molecule has 1 aliphatic rings. The number of aromatic nitrogens is 2. The zero-order valence-corrected chi connectivity index (χ0v) is 16.4. The van der Waals surface area contributed by atoms with Crippen molar-refractivity contribution in [2.75, 3.05) is 20.6 Å². The zero-order valence-electron chi connectivity index (χ0n) is 16.4. The third-order valence-electron chi connectivity index (χ3n) is 5.01. The third kappa shape index (κ3) is 4.22. The second-order valence-corrected chi connectivity index (χ2v) is 7.34. The first-order valence-corrected chi connectivity index (χ1v) is 9.40. The van der Waals surface area contributed by atoms with Crippen LogP contribution in [0.2, 0.25) is 0 Å². The predicted octanol–water partition coefficient (Wildman–Crippen LogP) is 3.64. The smallest absolute Gasteiger partial charge is 0.341 e. The topological polar surface area (TPSA) is 41.4 Å². The average molecular weight is 394 g/mol. The van der Waals surface area contributed by atoms with Crippen LogP contribution >= 0.6 is 0 Å². The van der Waals surface area contributed by atoms with Crippen molar-refractivity contribution in [3.8, 4) is 5.69 Å². The van der Waals surface area contributed by atoms with Gasteiger partial charge in [0.15, 0.2) is 5.69 Å². The first kappa shape index (κ1) is 20.4. The summed E-state index contributed by atoms with van der Waals surface area (Å²) in [5, 5.41) is 3.91. The van der Waals surface area contributed by atoms with E-state index in [2.05, 4.69) is 5.10 Å². The maximum absolute atomic E-state index is 13.4. The predicted molar refractivity (Wildman–Crippen MR) is 100.0 cm³/mol. The van der Waals surface area contributed by atoms with Gasteiger partial charge in [-0.25, -0.2) is 4.68 Å². The number of nitrogens with zero attached hydrogens (tertiary/aromatic N) is 4. The number of halogens is 3. The molecule has 0 radical (unpaired) electrons. The molecule has 0 unspecified atom stereocenters. The fourth-order valence-corrected chi connectivity index (χ4v) is 3.50.